The highest BCUT2D eigenvalue weighted by atomic mass is 32.2. The molecule has 0 radical (unpaired) electrons. The van der Waals surface area contributed by atoms with Crippen LogP contribution in [0.3, 0.4) is 0 Å². The predicted octanol–water partition coefficient (Wildman–Crippen LogP) is 2.81. The molecule has 0 atom stereocenters. The second-order valence-electron chi connectivity index (χ2n) is 4.45. The van der Waals surface area contributed by atoms with Gasteiger partial charge in [0.1, 0.15) is 5.75 Å². The number of hydrogen-bond donors (Lipinski definition) is 1. The third-order valence-corrected chi connectivity index (χ3v) is 3.77. The molecule has 106 valence electrons. The molecule has 0 fully saturated rings. The molecule has 1 N–H and O–H groups in total. The molecule has 0 aliphatic rings. The molecular formula is C15H19N3OS. The van der Waals surface area contributed by atoms with E-state index in [1.807, 2.05) is 26.1 Å². The third kappa shape index (κ3) is 3.95. The molecule has 0 aliphatic carbocycles. The number of thioether (sulfide) groups is 1. The van der Waals surface area contributed by atoms with E-state index in [9.17, 15) is 0 Å². The highest BCUT2D eigenvalue weighted by Crippen LogP contribution is 2.27. The molecular weight excluding hydrogens is 270 g/mol. The molecule has 0 saturated carbocycles. The van der Waals surface area contributed by atoms with Gasteiger partial charge in [-0.15, -0.1) is 0 Å². The zero-order valence-electron chi connectivity index (χ0n) is 12.0. The lowest BCUT2D eigenvalue weighted by Crippen LogP contribution is -2.05. The lowest BCUT2D eigenvalue weighted by Gasteiger charge is -2.10. The molecule has 0 aliphatic heterocycles. The van der Waals surface area contributed by atoms with Crippen LogP contribution in [0.1, 0.15) is 16.8 Å². The Balaban J connectivity index is 2.12. The number of aryl methyl sites for hydroxylation is 1. The van der Waals surface area contributed by atoms with Gasteiger partial charge in [-0.1, -0.05) is 17.8 Å². The van der Waals surface area contributed by atoms with Gasteiger partial charge in [-0.25, -0.2) is 9.97 Å². The van der Waals surface area contributed by atoms with E-state index in [1.54, 1.807) is 25.1 Å². The maximum absolute atomic E-state index is 5.42. The van der Waals surface area contributed by atoms with Crippen LogP contribution in [-0.2, 0) is 12.3 Å². The topological polar surface area (TPSA) is 47.0 Å². The van der Waals surface area contributed by atoms with E-state index in [0.29, 0.717) is 0 Å². The molecule has 0 bridgehead atoms. The minimum absolute atomic E-state index is 0.796. The highest BCUT2D eigenvalue weighted by Gasteiger charge is 2.06. The standard InChI is InChI=1S/C15H19N3OS/c1-11-6-7-17-15(18-11)20-10-13-8-12(9-16-2)4-5-14(13)19-3/h4-8,16H,9-10H2,1-3H3. The Hall–Kier alpha value is -1.59. The predicted molar refractivity (Wildman–Crippen MR) is 82.1 cm³/mol. The quantitative estimate of drug-likeness (QED) is 0.654. The van der Waals surface area contributed by atoms with Crippen molar-refractivity contribution in [3.8, 4) is 5.75 Å². The van der Waals surface area contributed by atoms with Crippen molar-refractivity contribution in [3.63, 3.8) is 0 Å². The van der Waals surface area contributed by atoms with Gasteiger partial charge >= 0.3 is 0 Å². The summed E-state index contributed by atoms with van der Waals surface area (Å²) < 4.78 is 5.42. The number of nitrogens with zero attached hydrogens (tertiary/aromatic N) is 2. The number of hydrogen-bond acceptors (Lipinski definition) is 5. The summed E-state index contributed by atoms with van der Waals surface area (Å²) in [6, 6.07) is 8.16. The Kier molecular flexibility index (Phi) is 5.38. The van der Waals surface area contributed by atoms with E-state index in [2.05, 4.69) is 27.4 Å². The molecule has 0 unspecified atom stereocenters. The summed E-state index contributed by atoms with van der Waals surface area (Å²) in [7, 11) is 3.64. The van der Waals surface area contributed by atoms with Crippen molar-refractivity contribution in [1.82, 2.24) is 15.3 Å². The van der Waals surface area contributed by atoms with Crippen molar-refractivity contribution in [2.75, 3.05) is 14.2 Å². The molecule has 1 heterocycles. The molecule has 1 aromatic heterocycles. The van der Waals surface area contributed by atoms with Gasteiger partial charge in [0.25, 0.3) is 0 Å². The average molecular weight is 289 g/mol. The zero-order valence-corrected chi connectivity index (χ0v) is 12.8. The number of benzene rings is 1. The molecule has 5 heteroatoms. The Labute approximate surface area is 124 Å². The van der Waals surface area contributed by atoms with Gasteiger partial charge in [-0.3, -0.25) is 0 Å². The second kappa shape index (κ2) is 7.26. The average Bonchev–Trinajstić information content (AvgIpc) is 2.46. The van der Waals surface area contributed by atoms with E-state index in [1.165, 1.54) is 5.56 Å². The fourth-order valence-corrected chi connectivity index (χ4v) is 2.75. The van der Waals surface area contributed by atoms with Crippen LogP contribution in [0.25, 0.3) is 0 Å². The fourth-order valence-electron chi connectivity index (χ4n) is 1.90. The van der Waals surface area contributed by atoms with E-state index in [0.717, 1.165) is 34.5 Å². The van der Waals surface area contributed by atoms with Crippen molar-refractivity contribution in [3.05, 3.63) is 47.3 Å². The van der Waals surface area contributed by atoms with E-state index in [-0.39, 0.29) is 0 Å². The van der Waals surface area contributed by atoms with Crippen LogP contribution in [0.15, 0.2) is 35.6 Å². The maximum Gasteiger partial charge on any atom is 0.188 e. The van der Waals surface area contributed by atoms with Crippen LogP contribution in [0.4, 0.5) is 0 Å². The molecule has 1 aromatic carbocycles. The van der Waals surface area contributed by atoms with Gasteiger partial charge in [-0.2, -0.15) is 0 Å². The van der Waals surface area contributed by atoms with E-state index < -0.39 is 0 Å². The first kappa shape index (κ1) is 14.8. The summed E-state index contributed by atoms with van der Waals surface area (Å²) in [5.74, 6) is 1.70. The van der Waals surface area contributed by atoms with Gasteiger partial charge in [-0.05, 0) is 37.7 Å². The number of ether oxygens (including phenoxy) is 1. The second-order valence-corrected chi connectivity index (χ2v) is 5.39. The molecule has 20 heavy (non-hydrogen) atoms. The van der Waals surface area contributed by atoms with Gasteiger partial charge in [0.15, 0.2) is 5.16 Å². The smallest absolute Gasteiger partial charge is 0.188 e. The molecule has 2 aromatic rings. The monoisotopic (exact) mass is 289 g/mol. The molecule has 0 saturated heterocycles. The van der Waals surface area contributed by atoms with Gasteiger partial charge in [0.2, 0.25) is 0 Å². The van der Waals surface area contributed by atoms with Gasteiger partial charge in [0, 0.05) is 29.8 Å². The fraction of sp³-hybridized carbons (Fsp3) is 0.333. The number of nitrogens with one attached hydrogen (secondary N) is 1. The Morgan fingerprint density at radius 1 is 1.30 bits per heavy atom. The first-order valence-corrected chi connectivity index (χ1v) is 7.44. The Morgan fingerprint density at radius 3 is 2.85 bits per heavy atom. The highest BCUT2D eigenvalue weighted by molar-refractivity contribution is 7.98. The summed E-state index contributed by atoms with van der Waals surface area (Å²) in [6.45, 7) is 2.82. The minimum Gasteiger partial charge on any atom is -0.496 e. The van der Waals surface area contributed by atoms with Crippen LogP contribution < -0.4 is 10.1 Å². The van der Waals surface area contributed by atoms with Crippen LogP contribution in [-0.4, -0.2) is 24.1 Å². The largest absolute Gasteiger partial charge is 0.496 e. The van der Waals surface area contributed by atoms with Crippen LogP contribution in [0.5, 0.6) is 5.75 Å². The maximum atomic E-state index is 5.42. The molecule has 0 amide bonds. The summed E-state index contributed by atoms with van der Waals surface area (Å²) in [4.78, 5) is 8.67. The Morgan fingerprint density at radius 2 is 2.15 bits per heavy atom. The Bertz CT molecular complexity index is 575. The minimum atomic E-state index is 0.796. The first-order chi connectivity index (χ1) is 9.72. The third-order valence-electron chi connectivity index (χ3n) is 2.86. The summed E-state index contributed by atoms with van der Waals surface area (Å²) in [5, 5.41) is 3.95. The summed E-state index contributed by atoms with van der Waals surface area (Å²) >= 11 is 1.62. The van der Waals surface area contributed by atoms with Crippen LogP contribution >= 0.6 is 11.8 Å². The van der Waals surface area contributed by atoms with Crippen molar-refractivity contribution < 1.29 is 4.74 Å². The molecule has 4 nitrogen and oxygen atoms in total. The van der Waals surface area contributed by atoms with Gasteiger partial charge < -0.3 is 10.1 Å². The SMILES string of the molecule is CNCc1ccc(OC)c(CSc2nccc(C)n2)c1. The normalized spacial score (nSPS) is 10.6. The van der Waals surface area contributed by atoms with Crippen molar-refractivity contribution in [1.29, 1.82) is 0 Å². The zero-order chi connectivity index (χ0) is 14.4. The summed E-state index contributed by atoms with van der Waals surface area (Å²) in [5.41, 5.74) is 3.39. The first-order valence-electron chi connectivity index (χ1n) is 6.45. The van der Waals surface area contributed by atoms with Crippen molar-refractivity contribution in [2.45, 2.75) is 24.4 Å². The number of aromatic nitrogens is 2. The summed E-state index contributed by atoms with van der Waals surface area (Å²) in [6.07, 6.45) is 1.79. The van der Waals surface area contributed by atoms with E-state index >= 15 is 0 Å². The number of rotatable bonds is 6. The number of methoxy groups -OCH3 is 1. The van der Waals surface area contributed by atoms with Crippen LogP contribution in [0.2, 0.25) is 0 Å². The lowest BCUT2D eigenvalue weighted by molar-refractivity contribution is 0.411. The van der Waals surface area contributed by atoms with Gasteiger partial charge in [0.05, 0.1) is 7.11 Å². The van der Waals surface area contributed by atoms with E-state index in [4.69, 9.17) is 4.74 Å². The van der Waals surface area contributed by atoms with Crippen molar-refractivity contribution >= 4 is 11.8 Å². The lowest BCUT2D eigenvalue weighted by atomic mass is 10.1. The molecule has 0 spiro atoms. The van der Waals surface area contributed by atoms with Crippen LogP contribution in [0, 0.1) is 6.92 Å². The van der Waals surface area contributed by atoms with Crippen molar-refractivity contribution in [2.24, 2.45) is 0 Å². The molecule has 2 rings (SSSR count).